The highest BCUT2D eigenvalue weighted by Gasteiger charge is 2.01. The van der Waals surface area contributed by atoms with Gasteiger partial charge >= 0.3 is 0 Å². The predicted molar refractivity (Wildman–Crippen MR) is 69.8 cm³/mol. The summed E-state index contributed by atoms with van der Waals surface area (Å²) in [6.45, 7) is 1.99. The van der Waals surface area contributed by atoms with Crippen molar-refractivity contribution in [3.05, 3.63) is 71.5 Å². The van der Waals surface area contributed by atoms with Gasteiger partial charge in [0.1, 0.15) is 12.4 Å². The summed E-state index contributed by atoms with van der Waals surface area (Å²) in [5.74, 6) is -0.273. The van der Waals surface area contributed by atoms with Crippen molar-refractivity contribution in [2.45, 2.75) is 13.5 Å². The van der Waals surface area contributed by atoms with E-state index in [-0.39, 0.29) is 12.4 Å². The minimum absolute atomic E-state index is 0.136. The quantitative estimate of drug-likeness (QED) is 0.591. The van der Waals surface area contributed by atoms with E-state index in [1.54, 1.807) is 18.2 Å². The second-order valence-electron chi connectivity index (χ2n) is 3.91. The molecule has 18 heavy (non-hydrogen) atoms. The fourth-order valence-electron chi connectivity index (χ4n) is 1.55. The van der Waals surface area contributed by atoms with Gasteiger partial charge in [-0.2, -0.15) is 0 Å². The standard InChI is InChI=1S/C15H14FNO/c1-12(13-7-3-2-4-8-13)17-18-11-14-9-5-6-10-15(14)16/h2-10H,11H2,1H3/b17-12+. The first kappa shape index (κ1) is 12.3. The predicted octanol–water partition coefficient (Wildman–Crippen LogP) is 3.77. The average molecular weight is 243 g/mol. The largest absolute Gasteiger partial charge is 0.391 e. The Morgan fingerprint density at radius 2 is 1.72 bits per heavy atom. The lowest BCUT2D eigenvalue weighted by Gasteiger charge is -2.03. The monoisotopic (exact) mass is 243 g/mol. The van der Waals surface area contributed by atoms with Gasteiger partial charge in [0, 0.05) is 5.56 Å². The van der Waals surface area contributed by atoms with E-state index in [1.807, 2.05) is 37.3 Å². The number of halogens is 1. The molecule has 0 aromatic heterocycles. The van der Waals surface area contributed by atoms with Crippen molar-refractivity contribution in [2.24, 2.45) is 5.16 Å². The minimum atomic E-state index is -0.273. The van der Waals surface area contributed by atoms with Crippen LogP contribution in [-0.2, 0) is 11.4 Å². The van der Waals surface area contributed by atoms with Crippen LogP contribution in [0.15, 0.2) is 59.8 Å². The van der Waals surface area contributed by atoms with Crippen molar-refractivity contribution in [1.82, 2.24) is 0 Å². The number of hydrogen-bond acceptors (Lipinski definition) is 2. The molecule has 2 aromatic carbocycles. The van der Waals surface area contributed by atoms with Crippen LogP contribution in [0, 0.1) is 5.82 Å². The van der Waals surface area contributed by atoms with Gasteiger partial charge in [0.25, 0.3) is 0 Å². The van der Waals surface area contributed by atoms with E-state index in [1.165, 1.54) is 6.07 Å². The Hall–Kier alpha value is -2.16. The Labute approximate surface area is 106 Å². The van der Waals surface area contributed by atoms with Gasteiger partial charge in [-0.15, -0.1) is 0 Å². The summed E-state index contributed by atoms with van der Waals surface area (Å²) in [4.78, 5) is 5.16. The molecular formula is C15H14FNO. The maximum atomic E-state index is 13.3. The highest BCUT2D eigenvalue weighted by atomic mass is 19.1. The first-order chi connectivity index (χ1) is 8.77. The molecule has 0 N–H and O–H groups in total. The lowest BCUT2D eigenvalue weighted by atomic mass is 10.1. The topological polar surface area (TPSA) is 21.6 Å². The highest BCUT2D eigenvalue weighted by molar-refractivity contribution is 5.98. The van der Waals surface area contributed by atoms with E-state index in [9.17, 15) is 4.39 Å². The maximum absolute atomic E-state index is 13.3. The van der Waals surface area contributed by atoms with Crippen molar-refractivity contribution < 1.29 is 9.23 Å². The minimum Gasteiger partial charge on any atom is -0.391 e. The molecular weight excluding hydrogens is 229 g/mol. The normalized spacial score (nSPS) is 11.3. The summed E-state index contributed by atoms with van der Waals surface area (Å²) >= 11 is 0. The molecule has 0 aliphatic carbocycles. The van der Waals surface area contributed by atoms with Gasteiger partial charge in [0.05, 0.1) is 5.71 Å². The molecule has 3 heteroatoms. The van der Waals surface area contributed by atoms with E-state index in [0.717, 1.165) is 11.3 Å². The molecule has 92 valence electrons. The van der Waals surface area contributed by atoms with Crippen molar-refractivity contribution >= 4 is 5.71 Å². The zero-order chi connectivity index (χ0) is 12.8. The van der Waals surface area contributed by atoms with Crippen LogP contribution in [0.4, 0.5) is 4.39 Å². The number of nitrogens with zero attached hydrogens (tertiary/aromatic N) is 1. The van der Waals surface area contributed by atoms with Crippen LogP contribution < -0.4 is 0 Å². The van der Waals surface area contributed by atoms with Crippen molar-refractivity contribution in [3.63, 3.8) is 0 Å². The first-order valence-electron chi connectivity index (χ1n) is 5.73. The molecule has 0 saturated carbocycles. The van der Waals surface area contributed by atoms with Gasteiger partial charge in [-0.1, -0.05) is 53.7 Å². The van der Waals surface area contributed by atoms with Crippen molar-refractivity contribution in [2.75, 3.05) is 0 Å². The molecule has 0 bridgehead atoms. The van der Waals surface area contributed by atoms with Gasteiger partial charge < -0.3 is 4.84 Å². The highest BCUT2D eigenvalue weighted by Crippen LogP contribution is 2.08. The zero-order valence-corrected chi connectivity index (χ0v) is 10.1. The fourth-order valence-corrected chi connectivity index (χ4v) is 1.55. The molecule has 0 heterocycles. The molecule has 0 unspecified atom stereocenters. The van der Waals surface area contributed by atoms with Crippen molar-refractivity contribution in [3.8, 4) is 0 Å². The molecule has 2 rings (SSSR count). The Kier molecular flexibility index (Phi) is 4.07. The number of rotatable bonds is 4. The van der Waals surface area contributed by atoms with Gasteiger partial charge in [-0.25, -0.2) is 4.39 Å². The summed E-state index contributed by atoms with van der Waals surface area (Å²) in [6, 6.07) is 16.2. The Morgan fingerprint density at radius 1 is 1.06 bits per heavy atom. The van der Waals surface area contributed by atoms with Crippen molar-refractivity contribution in [1.29, 1.82) is 0 Å². The van der Waals surface area contributed by atoms with Gasteiger partial charge in [-0.3, -0.25) is 0 Å². The molecule has 0 aliphatic rings. The second-order valence-corrected chi connectivity index (χ2v) is 3.91. The van der Waals surface area contributed by atoms with Gasteiger partial charge in [-0.05, 0) is 18.6 Å². The molecule has 2 aromatic rings. The Bertz CT molecular complexity index is 537. The first-order valence-corrected chi connectivity index (χ1v) is 5.73. The molecule has 0 spiro atoms. The van der Waals surface area contributed by atoms with Crippen LogP contribution >= 0.6 is 0 Å². The van der Waals surface area contributed by atoms with Gasteiger partial charge in [0.2, 0.25) is 0 Å². The maximum Gasteiger partial charge on any atom is 0.145 e. The molecule has 0 amide bonds. The third-order valence-corrected chi connectivity index (χ3v) is 2.57. The average Bonchev–Trinajstić information content (AvgIpc) is 2.42. The number of hydrogen-bond donors (Lipinski definition) is 0. The molecule has 2 nitrogen and oxygen atoms in total. The fraction of sp³-hybridized carbons (Fsp3) is 0.133. The van der Waals surface area contributed by atoms with Crippen LogP contribution in [0.3, 0.4) is 0 Å². The van der Waals surface area contributed by atoms with Crippen LogP contribution in [0.2, 0.25) is 0 Å². The van der Waals surface area contributed by atoms with E-state index < -0.39 is 0 Å². The summed E-state index contributed by atoms with van der Waals surface area (Å²) < 4.78 is 13.3. The third kappa shape index (κ3) is 3.17. The lowest BCUT2D eigenvalue weighted by Crippen LogP contribution is -1.97. The molecule has 0 fully saturated rings. The number of oxime groups is 1. The van der Waals surface area contributed by atoms with Crippen LogP contribution in [-0.4, -0.2) is 5.71 Å². The van der Waals surface area contributed by atoms with Crippen LogP contribution in [0.25, 0.3) is 0 Å². The molecule has 0 atom stereocenters. The summed E-state index contributed by atoms with van der Waals surface area (Å²) in [5, 5.41) is 3.98. The number of benzene rings is 2. The Balaban J connectivity index is 1.98. The zero-order valence-electron chi connectivity index (χ0n) is 10.1. The third-order valence-electron chi connectivity index (χ3n) is 2.57. The smallest absolute Gasteiger partial charge is 0.145 e. The summed E-state index contributed by atoms with van der Waals surface area (Å²) in [6.07, 6.45) is 0. The Morgan fingerprint density at radius 3 is 2.44 bits per heavy atom. The van der Waals surface area contributed by atoms with E-state index >= 15 is 0 Å². The molecule has 0 radical (unpaired) electrons. The molecule has 0 aliphatic heterocycles. The van der Waals surface area contributed by atoms with Crippen LogP contribution in [0.5, 0.6) is 0 Å². The van der Waals surface area contributed by atoms with Gasteiger partial charge in [0.15, 0.2) is 0 Å². The second kappa shape index (κ2) is 5.96. The molecule has 0 saturated heterocycles. The van der Waals surface area contributed by atoms with E-state index in [4.69, 9.17) is 4.84 Å². The summed E-state index contributed by atoms with van der Waals surface area (Å²) in [7, 11) is 0. The summed E-state index contributed by atoms with van der Waals surface area (Å²) in [5.41, 5.74) is 2.26. The van der Waals surface area contributed by atoms with Crippen LogP contribution in [0.1, 0.15) is 18.1 Å². The van der Waals surface area contributed by atoms with E-state index in [0.29, 0.717) is 5.56 Å². The van der Waals surface area contributed by atoms with E-state index in [2.05, 4.69) is 5.16 Å². The SMILES string of the molecule is C/C(=N\OCc1ccccc1F)c1ccccc1. The lowest BCUT2D eigenvalue weighted by molar-refractivity contribution is 0.128.